The van der Waals surface area contributed by atoms with Gasteiger partial charge in [0.2, 0.25) is 5.91 Å². The second-order valence-corrected chi connectivity index (χ2v) is 2.42. The van der Waals surface area contributed by atoms with Crippen molar-refractivity contribution >= 4 is 11.6 Å². The van der Waals surface area contributed by atoms with Crippen LogP contribution in [0.25, 0.3) is 0 Å². The number of anilines is 1. The lowest BCUT2D eigenvalue weighted by atomic mass is 10.3. The summed E-state index contributed by atoms with van der Waals surface area (Å²) >= 11 is 0. The SMILES string of the molecule is CC.CNC(C)=O.CNc1ccccc1. The van der Waals surface area contributed by atoms with E-state index in [0.717, 1.165) is 5.69 Å². The molecule has 0 radical (unpaired) electrons. The molecule has 2 N–H and O–H groups in total. The van der Waals surface area contributed by atoms with Crippen molar-refractivity contribution in [3.05, 3.63) is 30.3 Å². The number of carbonyl (C=O) groups is 1. The summed E-state index contributed by atoms with van der Waals surface area (Å²) in [5.41, 5.74) is 1.16. The van der Waals surface area contributed by atoms with E-state index in [2.05, 4.69) is 10.6 Å². The average molecular weight is 210 g/mol. The molecule has 0 saturated heterocycles. The van der Waals surface area contributed by atoms with Crippen molar-refractivity contribution in [2.45, 2.75) is 20.8 Å². The van der Waals surface area contributed by atoms with Crippen LogP contribution in [0.4, 0.5) is 5.69 Å². The Morgan fingerprint density at radius 2 is 1.47 bits per heavy atom. The van der Waals surface area contributed by atoms with Crippen LogP contribution in [-0.2, 0) is 4.79 Å². The molecule has 0 aliphatic heterocycles. The van der Waals surface area contributed by atoms with E-state index in [1.165, 1.54) is 6.92 Å². The Kier molecular flexibility index (Phi) is 13.3. The highest BCUT2D eigenvalue weighted by Crippen LogP contribution is 2.01. The third kappa shape index (κ3) is 12.5. The molecule has 3 heteroatoms. The molecule has 0 atom stereocenters. The first kappa shape index (κ1) is 15.9. The molecule has 0 bridgehead atoms. The zero-order valence-corrected chi connectivity index (χ0v) is 10.3. The normalized spacial score (nSPS) is 7.27. The first-order valence-electron chi connectivity index (χ1n) is 5.11. The summed E-state index contributed by atoms with van der Waals surface area (Å²) in [6.45, 7) is 5.47. The van der Waals surface area contributed by atoms with Crippen LogP contribution in [0.15, 0.2) is 30.3 Å². The lowest BCUT2D eigenvalue weighted by Gasteiger charge is -1.94. The van der Waals surface area contributed by atoms with Gasteiger partial charge in [-0.05, 0) is 12.1 Å². The molecule has 1 rings (SSSR count). The second kappa shape index (κ2) is 12.5. The van der Waals surface area contributed by atoms with Crippen molar-refractivity contribution in [1.82, 2.24) is 5.32 Å². The van der Waals surface area contributed by atoms with Crippen molar-refractivity contribution in [2.24, 2.45) is 0 Å². The number of hydrogen-bond donors (Lipinski definition) is 2. The second-order valence-electron chi connectivity index (χ2n) is 2.42. The standard InChI is InChI=1S/C7H9N.C3H7NO.C2H6/c1-8-7-5-3-2-4-6-7;1-3(5)4-2;1-2/h2-6,8H,1H3;1-2H3,(H,4,5);1-2H3. The number of amides is 1. The minimum atomic E-state index is 0.00463. The van der Waals surface area contributed by atoms with Gasteiger partial charge in [-0.1, -0.05) is 32.0 Å². The first-order chi connectivity index (χ1) is 7.20. The van der Waals surface area contributed by atoms with E-state index < -0.39 is 0 Å². The maximum Gasteiger partial charge on any atom is 0.216 e. The van der Waals surface area contributed by atoms with Crippen LogP contribution < -0.4 is 10.6 Å². The summed E-state index contributed by atoms with van der Waals surface area (Å²) in [4.78, 5) is 9.70. The van der Waals surface area contributed by atoms with Gasteiger partial charge in [-0.25, -0.2) is 0 Å². The number of hydrogen-bond acceptors (Lipinski definition) is 2. The van der Waals surface area contributed by atoms with Gasteiger partial charge in [0.1, 0.15) is 0 Å². The van der Waals surface area contributed by atoms with Gasteiger partial charge in [0.25, 0.3) is 0 Å². The topological polar surface area (TPSA) is 41.1 Å². The molecule has 86 valence electrons. The lowest BCUT2D eigenvalue weighted by molar-refractivity contribution is -0.118. The van der Waals surface area contributed by atoms with E-state index in [1.807, 2.05) is 51.2 Å². The minimum Gasteiger partial charge on any atom is -0.388 e. The van der Waals surface area contributed by atoms with Gasteiger partial charge in [-0.15, -0.1) is 0 Å². The molecule has 1 aromatic rings. The molecular formula is C12H22N2O. The zero-order valence-electron chi connectivity index (χ0n) is 10.3. The molecule has 0 aliphatic rings. The number of para-hydroxylation sites is 1. The molecular weight excluding hydrogens is 188 g/mol. The fraction of sp³-hybridized carbons (Fsp3) is 0.417. The summed E-state index contributed by atoms with van der Waals surface area (Å²) in [7, 11) is 3.51. The predicted octanol–water partition coefficient (Wildman–Crippen LogP) is 2.51. The maximum atomic E-state index is 9.70. The third-order valence-electron chi connectivity index (χ3n) is 1.41. The number of carbonyl (C=O) groups excluding carboxylic acids is 1. The van der Waals surface area contributed by atoms with Gasteiger partial charge in [0.15, 0.2) is 0 Å². The van der Waals surface area contributed by atoms with Crippen LogP contribution in [0, 0.1) is 0 Å². The van der Waals surface area contributed by atoms with Gasteiger partial charge < -0.3 is 10.6 Å². The maximum absolute atomic E-state index is 9.70. The summed E-state index contributed by atoms with van der Waals surface area (Å²) in [5.74, 6) is 0.00463. The quantitative estimate of drug-likeness (QED) is 0.747. The molecule has 0 saturated carbocycles. The van der Waals surface area contributed by atoms with Crippen LogP contribution in [0.1, 0.15) is 20.8 Å². The Morgan fingerprint density at radius 1 is 1.07 bits per heavy atom. The molecule has 0 heterocycles. The van der Waals surface area contributed by atoms with E-state index in [4.69, 9.17) is 0 Å². The van der Waals surface area contributed by atoms with Crippen LogP contribution in [0.2, 0.25) is 0 Å². The molecule has 0 unspecified atom stereocenters. The zero-order chi connectivity index (χ0) is 12.1. The Bertz CT molecular complexity index is 235. The summed E-state index contributed by atoms with van der Waals surface area (Å²) < 4.78 is 0. The van der Waals surface area contributed by atoms with Gasteiger partial charge in [-0.2, -0.15) is 0 Å². The molecule has 0 fully saturated rings. The Labute approximate surface area is 92.9 Å². The first-order valence-corrected chi connectivity index (χ1v) is 5.11. The molecule has 0 aromatic heterocycles. The molecule has 15 heavy (non-hydrogen) atoms. The number of nitrogens with one attached hydrogen (secondary N) is 2. The predicted molar refractivity (Wildman–Crippen MR) is 67.1 cm³/mol. The van der Waals surface area contributed by atoms with Crippen molar-refractivity contribution in [3.8, 4) is 0 Å². The summed E-state index contributed by atoms with van der Waals surface area (Å²) in [6, 6.07) is 10.1. The fourth-order valence-corrected chi connectivity index (χ4v) is 0.605. The smallest absolute Gasteiger partial charge is 0.216 e. The molecule has 1 amide bonds. The van der Waals surface area contributed by atoms with Crippen LogP contribution >= 0.6 is 0 Å². The Morgan fingerprint density at radius 3 is 1.67 bits per heavy atom. The van der Waals surface area contributed by atoms with E-state index in [9.17, 15) is 4.79 Å². The monoisotopic (exact) mass is 210 g/mol. The highest BCUT2D eigenvalue weighted by atomic mass is 16.1. The van der Waals surface area contributed by atoms with Crippen LogP contribution in [0.3, 0.4) is 0 Å². The van der Waals surface area contributed by atoms with Crippen molar-refractivity contribution < 1.29 is 4.79 Å². The van der Waals surface area contributed by atoms with E-state index in [1.54, 1.807) is 7.05 Å². The number of rotatable bonds is 1. The van der Waals surface area contributed by atoms with Gasteiger partial charge in [-0.3, -0.25) is 4.79 Å². The molecule has 0 aliphatic carbocycles. The Balaban J connectivity index is 0. The summed E-state index contributed by atoms with van der Waals surface area (Å²) in [5, 5.41) is 5.42. The van der Waals surface area contributed by atoms with Gasteiger partial charge in [0.05, 0.1) is 0 Å². The van der Waals surface area contributed by atoms with E-state index in [0.29, 0.717) is 0 Å². The highest BCUT2D eigenvalue weighted by Gasteiger charge is 1.77. The molecule has 1 aromatic carbocycles. The minimum absolute atomic E-state index is 0.00463. The lowest BCUT2D eigenvalue weighted by Crippen LogP contribution is -2.11. The van der Waals surface area contributed by atoms with Gasteiger partial charge >= 0.3 is 0 Å². The largest absolute Gasteiger partial charge is 0.388 e. The fourth-order valence-electron chi connectivity index (χ4n) is 0.605. The Hall–Kier alpha value is -1.51. The highest BCUT2D eigenvalue weighted by molar-refractivity contribution is 5.72. The molecule has 0 spiro atoms. The molecule has 3 nitrogen and oxygen atoms in total. The van der Waals surface area contributed by atoms with E-state index in [-0.39, 0.29) is 5.91 Å². The van der Waals surface area contributed by atoms with Crippen LogP contribution in [-0.4, -0.2) is 20.0 Å². The van der Waals surface area contributed by atoms with Gasteiger partial charge in [0, 0.05) is 26.7 Å². The van der Waals surface area contributed by atoms with Crippen LogP contribution in [0.5, 0.6) is 0 Å². The van der Waals surface area contributed by atoms with Crippen molar-refractivity contribution in [3.63, 3.8) is 0 Å². The number of benzene rings is 1. The van der Waals surface area contributed by atoms with E-state index >= 15 is 0 Å². The average Bonchev–Trinajstić information content (AvgIpc) is 2.33. The van der Waals surface area contributed by atoms with Crippen molar-refractivity contribution in [1.29, 1.82) is 0 Å². The third-order valence-corrected chi connectivity index (χ3v) is 1.41. The van der Waals surface area contributed by atoms with Crippen molar-refractivity contribution in [2.75, 3.05) is 19.4 Å². The summed E-state index contributed by atoms with van der Waals surface area (Å²) in [6.07, 6.45) is 0.